The molecular formula is C16H13FN4O. The van der Waals surface area contributed by atoms with Gasteiger partial charge in [-0.2, -0.15) is 5.10 Å². The van der Waals surface area contributed by atoms with Crippen LogP contribution in [0.25, 0.3) is 5.69 Å². The van der Waals surface area contributed by atoms with Gasteiger partial charge in [-0.15, -0.1) is 0 Å². The fraction of sp³-hybridized carbons (Fsp3) is 0.0625. The second-order valence-corrected chi connectivity index (χ2v) is 4.74. The highest BCUT2D eigenvalue weighted by Gasteiger charge is 2.12. The number of halogens is 1. The van der Waals surface area contributed by atoms with E-state index in [2.05, 4.69) is 15.4 Å². The maximum absolute atomic E-state index is 14.1. The highest BCUT2D eigenvalue weighted by atomic mass is 19.1. The number of hydrogen-bond acceptors (Lipinski definition) is 3. The number of hydrogen-bond donors (Lipinski definition) is 1. The quantitative estimate of drug-likeness (QED) is 0.808. The standard InChI is InChI=1S/C16H13FN4O/c1-11-4-2-7-18-15(11)20-16(22)12-5-6-14(13(17)10-12)21-9-3-8-19-21/h2-10H,1H3,(H,18,20,22). The molecule has 0 fully saturated rings. The number of aromatic nitrogens is 3. The van der Waals surface area contributed by atoms with Gasteiger partial charge in [-0.1, -0.05) is 6.07 Å². The van der Waals surface area contributed by atoms with Gasteiger partial charge in [0.1, 0.15) is 17.3 Å². The Morgan fingerprint density at radius 3 is 2.77 bits per heavy atom. The summed E-state index contributed by atoms with van der Waals surface area (Å²) in [6.07, 6.45) is 4.78. The van der Waals surface area contributed by atoms with E-state index in [1.54, 1.807) is 36.8 Å². The van der Waals surface area contributed by atoms with E-state index in [-0.39, 0.29) is 11.3 Å². The molecule has 6 heteroatoms. The first kappa shape index (κ1) is 13.9. The van der Waals surface area contributed by atoms with Crippen LogP contribution >= 0.6 is 0 Å². The zero-order valence-electron chi connectivity index (χ0n) is 11.8. The number of anilines is 1. The second kappa shape index (κ2) is 5.77. The Balaban J connectivity index is 1.85. The summed E-state index contributed by atoms with van der Waals surface area (Å²) in [5.74, 6) is -0.467. The van der Waals surface area contributed by atoms with Gasteiger partial charge in [-0.25, -0.2) is 14.1 Å². The number of carbonyl (C=O) groups is 1. The molecule has 5 nitrogen and oxygen atoms in total. The molecule has 1 N–H and O–H groups in total. The minimum Gasteiger partial charge on any atom is -0.306 e. The molecule has 1 aromatic carbocycles. The van der Waals surface area contributed by atoms with Crippen molar-refractivity contribution < 1.29 is 9.18 Å². The number of rotatable bonds is 3. The Hall–Kier alpha value is -3.02. The van der Waals surface area contributed by atoms with Crippen molar-refractivity contribution in [1.29, 1.82) is 0 Å². The van der Waals surface area contributed by atoms with Gasteiger partial charge in [0.15, 0.2) is 0 Å². The van der Waals surface area contributed by atoms with E-state index in [9.17, 15) is 9.18 Å². The molecule has 2 aromatic heterocycles. The van der Waals surface area contributed by atoms with Gasteiger partial charge in [-0.05, 0) is 42.8 Å². The zero-order valence-corrected chi connectivity index (χ0v) is 11.8. The molecule has 0 radical (unpaired) electrons. The highest BCUT2D eigenvalue weighted by Crippen LogP contribution is 2.16. The molecule has 110 valence electrons. The Labute approximate surface area is 126 Å². The Kier molecular flexibility index (Phi) is 3.65. The summed E-state index contributed by atoms with van der Waals surface area (Å²) in [5, 5.41) is 6.64. The van der Waals surface area contributed by atoms with E-state index in [0.29, 0.717) is 5.82 Å². The summed E-state index contributed by atoms with van der Waals surface area (Å²) in [4.78, 5) is 16.3. The first-order valence-electron chi connectivity index (χ1n) is 6.67. The molecule has 2 heterocycles. The summed E-state index contributed by atoms with van der Waals surface area (Å²) >= 11 is 0. The maximum atomic E-state index is 14.1. The van der Waals surface area contributed by atoms with Crippen LogP contribution in [0.5, 0.6) is 0 Å². The molecular weight excluding hydrogens is 283 g/mol. The number of carbonyl (C=O) groups excluding carboxylic acids is 1. The van der Waals surface area contributed by atoms with Crippen LogP contribution in [0.3, 0.4) is 0 Å². The molecule has 0 atom stereocenters. The van der Waals surface area contributed by atoms with Crippen molar-refractivity contribution in [1.82, 2.24) is 14.8 Å². The average Bonchev–Trinajstić information content (AvgIpc) is 3.03. The number of nitrogens with one attached hydrogen (secondary N) is 1. The molecule has 3 aromatic rings. The van der Waals surface area contributed by atoms with Crippen LogP contribution in [0.4, 0.5) is 10.2 Å². The lowest BCUT2D eigenvalue weighted by Crippen LogP contribution is -2.14. The molecule has 22 heavy (non-hydrogen) atoms. The van der Waals surface area contributed by atoms with Crippen LogP contribution in [0.1, 0.15) is 15.9 Å². The van der Waals surface area contributed by atoms with E-state index in [1.165, 1.54) is 16.8 Å². The lowest BCUT2D eigenvalue weighted by atomic mass is 10.1. The van der Waals surface area contributed by atoms with Gasteiger partial charge in [0.2, 0.25) is 0 Å². The van der Waals surface area contributed by atoms with Crippen molar-refractivity contribution in [3.63, 3.8) is 0 Å². The van der Waals surface area contributed by atoms with Crippen LogP contribution < -0.4 is 5.32 Å². The molecule has 0 aliphatic heterocycles. The van der Waals surface area contributed by atoms with Gasteiger partial charge >= 0.3 is 0 Å². The van der Waals surface area contributed by atoms with Crippen LogP contribution in [0.15, 0.2) is 55.0 Å². The van der Waals surface area contributed by atoms with Gasteiger partial charge in [0.25, 0.3) is 5.91 Å². The molecule has 0 saturated heterocycles. The van der Waals surface area contributed by atoms with Gasteiger partial charge in [0.05, 0.1) is 0 Å². The van der Waals surface area contributed by atoms with Crippen LogP contribution in [-0.4, -0.2) is 20.7 Å². The number of amides is 1. The largest absolute Gasteiger partial charge is 0.306 e. The summed E-state index contributed by atoms with van der Waals surface area (Å²) in [7, 11) is 0. The smallest absolute Gasteiger partial charge is 0.256 e. The molecule has 0 aliphatic rings. The minimum atomic E-state index is -0.519. The second-order valence-electron chi connectivity index (χ2n) is 4.74. The molecule has 3 rings (SSSR count). The third kappa shape index (κ3) is 2.71. The van der Waals surface area contributed by atoms with E-state index < -0.39 is 11.7 Å². The van der Waals surface area contributed by atoms with Crippen molar-refractivity contribution in [2.45, 2.75) is 6.92 Å². The Bertz CT molecular complexity index is 815. The molecule has 0 unspecified atom stereocenters. The van der Waals surface area contributed by atoms with Crippen molar-refractivity contribution in [2.75, 3.05) is 5.32 Å². The first-order valence-corrected chi connectivity index (χ1v) is 6.67. The van der Waals surface area contributed by atoms with Crippen LogP contribution in [-0.2, 0) is 0 Å². The van der Waals surface area contributed by atoms with Crippen LogP contribution in [0, 0.1) is 12.7 Å². The van der Waals surface area contributed by atoms with E-state index in [1.807, 2.05) is 13.0 Å². The molecule has 0 aliphatic carbocycles. The average molecular weight is 296 g/mol. The predicted octanol–water partition coefficient (Wildman–Crippen LogP) is 2.97. The Morgan fingerprint density at radius 2 is 2.09 bits per heavy atom. The summed E-state index contributed by atoms with van der Waals surface area (Å²) in [6.45, 7) is 1.84. The highest BCUT2D eigenvalue weighted by molar-refractivity contribution is 6.04. The third-order valence-corrected chi connectivity index (χ3v) is 3.20. The van der Waals surface area contributed by atoms with Crippen molar-refractivity contribution in [2.24, 2.45) is 0 Å². The van der Waals surface area contributed by atoms with Gasteiger partial charge in [0, 0.05) is 24.2 Å². The fourth-order valence-electron chi connectivity index (χ4n) is 2.04. The van der Waals surface area contributed by atoms with Gasteiger partial charge in [-0.3, -0.25) is 4.79 Å². The van der Waals surface area contributed by atoms with E-state index in [0.717, 1.165) is 5.56 Å². The Morgan fingerprint density at radius 1 is 1.23 bits per heavy atom. The van der Waals surface area contributed by atoms with Crippen molar-refractivity contribution >= 4 is 11.7 Å². The molecule has 0 bridgehead atoms. The summed E-state index contributed by atoms with van der Waals surface area (Å²) < 4.78 is 15.5. The molecule has 0 saturated carbocycles. The number of benzene rings is 1. The SMILES string of the molecule is Cc1cccnc1NC(=O)c1ccc(-n2cccn2)c(F)c1. The van der Waals surface area contributed by atoms with E-state index in [4.69, 9.17) is 0 Å². The molecule has 0 spiro atoms. The minimum absolute atomic E-state index is 0.221. The van der Waals surface area contributed by atoms with Gasteiger partial charge < -0.3 is 5.32 Å². The van der Waals surface area contributed by atoms with E-state index >= 15 is 0 Å². The predicted molar refractivity (Wildman–Crippen MR) is 80.4 cm³/mol. The lowest BCUT2D eigenvalue weighted by Gasteiger charge is -2.08. The monoisotopic (exact) mass is 296 g/mol. The summed E-state index contributed by atoms with van der Waals surface area (Å²) in [6, 6.07) is 9.57. The zero-order chi connectivity index (χ0) is 15.5. The fourth-order valence-corrected chi connectivity index (χ4v) is 2.04. The van der Waals surface area contributed by atoms with Crippen molar-refractivity contribution in [3.8, 4) is 5.69 Å². The summed E-state index contributed by atoms with van der Waals surface area (Å²) in [5.41, 5.74) is 1.35. The maximum Gasteiger partial charge on any atom is 0.256 e. The number of aryl methyl sites for hydroxylation is 1. The topological polar surface area (TPSA) is 59.8 Å². The van der Waals surface area contributed by atoms with Crippen molar-refractivity contribution in [3.05, 3.63) is 71.9 Å². The normalized spacial score (nSPS) is 10.5. The third-order valence-electron chi connectivity index (χ3n) is 3.20. The first-order chi connectivity index (χ1) is 10.6. The number of nitrogens with zero attached hydrogens (tertiary/aromatic N) is 3. The number of pyridine rings is 1. The lowest BCUT2D eigenvalue weighted by molar-refractivity contribution is 0.102. The molecule has 1 amide bonds. The van der Waals surface area contributed by atoms with Crippen LogP contribution in [0.2, 0.25) is 0 Å².